The standard InChI is InChI=1S/C12H11N3O4S/c13-12-15-10(17)8(20-12)5-9(16)14-7-3-1-6(2-4-7)11(18)19/h1-4,8H,5H2,(H,14,16)(H,18,19)(H2,13,15,17)/p-1/t8-/m0/s1. The third kappa shape index (κ3) is 3.35. The number of carbonyl (C=O) groups excluding carboxylic acids is 3. The van der Waals surface area contributed by atoms with Crippen LogP contribution in [0.2, 0.25) is 0 Å². The van der Waals surface area contributed by atoms with Crippen molar-refractivity contribution >= 4 is 40.4 Å². The lowest BCUT2D eigenvalue weighted by atomic mass is 10.2. The summed E-state index contributed by atoms with van der Waals surface area (Å²) in [7, 11) is 0. The Hall–Kier alpha value is -2.35. The van der Waals surface area contributed by atoms with Crippen LogP contribution in [0.3, 0.4) is 0 Å². The summed E-state index contributed by atoms with van der Waals surface area (Å²) in [4.78, 5) is 37.2. The van der Waals surface area contributed by atoms with Crippen molar-refractivity contribution in [3.63, 3.8) is 0 Å². The molecule has 2 rings (SSSR count). The number of carboxylic acid groups (broad SMARTS) is 1. The molecule has 1 heterocycles. The first kappa shape index (κ1) is 14.1. The van der Waals surface area contributed by atoms with Crippen molar-refractivity contribution in [2.75, 3.05) is 5.32 Å². The average molecular weight is 292 g/mol. The van der Waals surface area contributed by atoms with E-state index in [1.165, 1.54) is 24.3 Å². The minimum Gasteiger partial charge on any atom is -0.545 e. The fourth-order valence-electron chi connectivity index (χ4n) is 1.60. The van der Waals surface area contributed by atoms with Gasteiger partial charge in [0.2, 0.25) is 5.91 Å². The Morgan fingerprint density at radius 1 is 1.35 bits per heavy atom. The van der Waals surface area contributed by atoms with Crippen molar-refractivity contribution in [3.05, 3.63) is 29.8 Å². The van der Waals surface area contributed by atoms with Crippen LogP contribution in [-0.4, -0.2) is 28.2 Å². The van der Waals surface area contributed by atoms with Gasteiger partial charge in [-0.1, -0.05) is 23.9 Å². The van der Waals surface area contributed by atoms with Crippen LogP contribution in [0.5, 0.6) is 0 Å². The normalized spacial score (nSPS) is 17.7. The molecule has 0 aromatic heterocycles. The van der Waals surface area contributed by atoms with Crippen molar-refractivity contribution in [3.8, 4) is 0 Å². The summed E-state index contributed by atoms with van der Waals surface area (Å²) in [6.45, 7) is 0. The number of nitrogens with two attached hydrogens (primary N) is 1. The second-order valence-electron chi connectivity index (χ2n) is 4.01. The zero-order chi connectivity index (χ0) is 14.7. The number of hydrogen-bond donors (Lipinski definition) is 2. The predicted molar refractivity (Wildman–Crippen MR) is 72.0 cm³/mol. The van der Waals surface area contributed by atoms with E-state index in [4.69, 9.17) is 5.73 Å². The molecule has 0 spiro atoms. The Bertz CT molecular complexity index is 597. The van der Waals surface area contributed by atoms with E-state index in [1.807, 2.05) is 0 Å². The summed E-state index contributed by atoms with van der Waals surface area (Å²) in [6.07, 6.45) is -0.0457. The van der Waals surface area contributed by atoms with Gasteiger partial charge in [-0.05, 0) is 17.7 Å². The van der Waals surface area contributed by atoms with Gasteiger partial charge in [0.15, 0.2) is 5.17 Å². The fourth-order valence-corrected chi connectivity index (χ4v) is 2.42. The summed E-state index contributed by atoms with van der Waals surface area (Å²) < 4.78 is 0. The van der Waals surface area contributed by atoms with E-state index in [2.05, 4.69) is 10.3 Å². The zero-order valence-electron chi connectivity index (χ0n) is 10.2. The first-order valence-corrected chi connectivity index (χ1v) is 6.49. The minimum absolute atomic E-state index is 0.0192. The number of aromatic carboxylic acids is 1. The van der Waals surface area contributed by atoms with Crippen molar-refractivity contribution in [1.82, 2.24) is 0 Å². The highest BCUT2D eigenvalue weighted by Gasteiger charge is 2.29. The first-order chi connectivity index (χ1) is 9.45. The highest BCUT2D eigenvalue weighted by atomic mass is 32.2. The lowest BCUT2D eigenvalue weighted by molar-refractivity contribution is -0.255. The van der Waals surface area contributed by atoms with Crippen molar-refractivity contribution in [2.24, 2.45) is 10.7 Å². The average Bonchev–Trinajstić information content (AvgIpc) is 2.68. The molecule has 1 aromatic rings. The molecule has 2 amide bonds. The van der Waals surface area contributed by atoms with E-state index >= 15 is 0 Å². The second-order valence-corrected chi connectivity index (χ2v) is 5.23. The summed E-state index contributed by atoms with van der Waals surface area (Å²) >= 11 is 1.05. The van der Waals surface area contributed by atoms with Crippen molar-refractivity contribution < 1.29 is 19.5 Å². The number of hydrogen-bond acceptors (Lipinski definition) is 6. The molecule has 0 unspecified atom stereocenters. The molecule has 7 nitrogen and oxygen atoms in total. The first-order valence-electron chi connectivity index (χ1n) is 5.61. The van der Waals surface area contributed by atoms with Gasteiger partial charge in [-0.2, -0.15) is 4.99 Å². The molecule has 0 saturated carbocycles. The van der Waals surface area contributed by atoms with Crippen LogP contribution in [0.15, 0.2) is 29.3 Å². The van der Waals surface area contributed by atoms with Crippen molar-refractivity contribution in [2.45, 2.75) is 11.7 Å². The van der Waals surface area contributed by atoms with Gasteiger partial charge in [-0.3, -0.25) is 9.59 Å². The maximum absolute atomic E-state index is 11.7. The van der Waals surface area contributed by atoms with Gasteiger partial charge in [0.1, 0.15) is 5.25 Å². The number of aliphatic imine (C=N–C) groups is 1. The van der Waals surface area contributed by atoms with Crippen LogP contribution in [0.4, 0.5) is 5.69 Å². The Balaban J connectivity index is 1.92. The quantitative estimate of drug-likeness (QED) is 0.758. The highest BCUT2D eigenvalue weighted by molar-refractivity contribution is 8.15. The summed E-state index contributed by atoms with van der Waals surface area (Å²) in [5.41, 5.74) is 5.84. The minimum atomic E-state index is -1.29. The third-order valence-corrected chi connectivity index (χ3v) is 3.52. The molecule has 0 fully saturated rings. The maximum Gasteiger partial charge on any atom is 0.262 e. The number of amides is 2. The van der Waals surface area contributed by atoms with Crippen LogP contribution in [0, 0.1) is 0 Å². The zero-order valence-corrected chi connectivity index (χ0v) is 11.0. The Labute approximate surface area is 118 Å². The van der Waals surface area contributed by atoms with Crippen LogP contribution < -0.4 is 16.2 Å². The molecule has 0 saturated heterocycles. The lowest BCUT2D eigenvalue weighted by Gasteiger charge is -2.09. The molecule has 0 aliphatic carbocycles. The van der Waals surface area contributed by atoms with Gasteiger partial charge < -0.3 is 21.0 Å². The van der Waals surface area contributed by atoms with E-state index in [-0.39, 0.29) is 23.1 Å². The van der Waals surface area contributed by atoms with Crippen LogP contribution in [0.1, 0.15) is 16.8 Å². The fraction of sp³-hybridized carbons (Fsp3) is 0.167. The largest absolute Gasteiger partial charge is 0.545 e. The number of carbonyl (C=O) groups is 3. The van der Waals surface area contributed by atoms with Crippen LogP contribution >= 0.6 is 11.8 Å². The molecule has 1 aliphatic heterocycles. The molecular weight excluding hydrogens is 282 g/mol. The van der Waals surface area contributed by atoms with Gasteiger partial charge in [0.25, 0.3) is 5.91 Å². The smallest absolute Gasteiger partial charge is 0.262 e. The molecule has 1 atom stereocenters. The van der Waals surface area contributed by atoms with Gasteiger partial charge >= 0.3 is 0 Å². The van der Waals surface area contributed by atoms with Crippen LogP contribution in [-0.2, 0) is 9.59 Å². The number of carboxylic acids is 1. The second kappa shape index (κ2) is 5.74. The molecular formula is C12H10N3O4S-. The summed E-state index contributed by atoms with van der Waals surface area (Å²) in [5, 5.41) is 12.7. The topological polar surface area (TPSA) is 125 Å². The van der Waals surface area contributed by atoms with E-state index < -0.39 is 17.1 Å². The van der Waals surface area contributed by atoms with Gasteiger partial charge in [-0.15, -0.1) is 0 Å². The summed E-state index contributed by atoms with van der Waals surface area (Å²) in [6, 6.07) is 5.53. The van der Waals surface area contributed by atoms with Crippen molar-refractivity contribution in [1.29, 1.82) is 0 Å². The number of benzene rings is 1. The molecule has 3 N–H and O–H groups in total. The number of thioether (sulfide) groups is 1. The lowest BCUT2D eigenvalue weighted by Crippen LogP contribution is -2.23. The van der Waals surface area contributed by atoms with E-state index in [1.54, 1.807) is 0 Å². The van der Waals surface area contributed by atoms with Gasteiger partial charge in [0, 0.05) is 12.1 Å². The molecule has 8 heteroatoms. The van der Waals surface area contributed by atoms with Gasteiger partial charge in [0.05, 0.1) is 5.97 Å². The molecule has 1 aromatic carbocycles. The predicted octanol–water partition coefficient (Wildman–Crippen LogP) is -0.665. The molecule has 0 bridgehead atoms. The van der Waals surface area contributed by atoms with Crippen LogP contribution in [0.25, 0.3) is 0 Å². The number of nitrogens with zero attached hydrogens (tertiary/aromatic N) is 1. The third-order valence-electron chi connectivity index (χ3n) is 2.53. The molecule has 20 heavy (non-hydrogen) atoms. The monoisotopic (exact) mass is 292 g/mol. The molecule has 0 radical (unpaired) electrons. The maximum atomic E-state index is 11.7. The number of nitrogens with one attached hydrogen (secondary N) is 1. The Morgan fingerprint density at radius 3 is 2.50 bits per heavy atom. The number of amidine groups is 1. The Morgan fingerprint density at radius 2 is 2.00 bits per heavy atom. The molecule has 104 valence electrons. The van der Waals surface area contributed by atoms with E-state index in [0.29, 0.717) is 5.69 Å². The molecule has 1 aliphatic rings. The van der Waals surface area contributed by atoms with Gasteiger partial charge in [-0.25, -0.2) is 0 Å². The number of anilines is 1. The highest BCUT2D eigenvalue weighted by Crippen LogP contribution is 2.23. The SMILES string of the molecule is NC1=NC(=O)[C@H](CC(=O)Nc2ccc(C(=O)[O-])cc2)S1. The van der Waals surface area contributed by atoms with E-state index in [9.17, 15) is 19.5 Å². The Kier molecular flexibility index (Phi) is 4.04. The number of rotatable bonds is 4. The van der Waals surface area contributed by atoms with E-state index in [0.717, 1.165) is 11.8 Å². The summed E-state index contributed by atoms with van der Waals surface area (Å²) in [5.74, 6) is -2.08.